The van der Waals surface area contributed by atoms with Gasteiger partial charge in [0.05, 0.1) is 10.2 Å². The first-order valence-corrected chi connectivity index (χ1v) is 8.52. The second kappa shape index (κ2) is 6.94. The molecule has 0 unspecified atom stereocenters. The maximum Gasteiger partial charge on any atom is 0.231 e. The van der Waals surface area contributed by atoms with Crippen molar-refractivity contribution in [1.82, 2.24) is 9.88 Å². The van der Waals surface area contributed by atoms with E-state index >= 15 is 0 Å². The number of rotatable bonds is 5. The third-order valence-electron chi connectivity index (χ3n) is 3.40. The molecule has 0 bridgehead atoms. The van der Waals surface area contributed by atoms with Crippen molar-refractivity contribution in [2.24, 2.45) is 5.92 Å². The van der Waals surface area contributed by atoms with Crippen LogP contribution in [-0.4, -0.2) is 43.0 Å². The summed E-state index contributed by atoms with van der Waals surface area (Å²) in [5.74, 6) is 0.0449. The average molecular weight is 340 g/mol. The molecule has 0 N–H and O–H groups in total. The van der Waals surface area contributed by atoms with Crippen LogP contribution in [0, 0.1) is 12.8 Å². The molecular formula is C16H22ClN3OS. The summed E-state index contributed by atoms with van der Waals surface area (Å²) in [4.78, 5) is 21.1. The van der Waals surface area contributed by atoms with Crippen LogP contribution < -0.4 is 4.90 Å². The van der Waals surface area contributed by atoms with Crippen molar-refractivity contribution in [2.75, 3.05) is 32.1 Å². The van der Waals surface area contributed by atoms with Crippen molar-refractivity contribution >= 4 is 44.2 Å². The molecule has 6 heteroatoms. The number of carbonyl (C=O) groups excluding carboxylic acids is 1. The maximum atomic E-state index is 12.5. The smallest absolute Gasteiger partial charge is 0.231 e. The predicted molar refractivity (Wildman–Crippen MR) is 95.1 cm³/mol. The highest BCUT2D eigenvalue weighted by atomic mass is 35.5. The van der Waals surface area contributed by atoms with Crippen LogP contribution in [0.4, 0.5) is 5.13 Å². The Morgan fingerprint density at radius 3 is 2.59 bits per heavy atom. The second-order valence-corrected chi connectivity index (χ2v) is 7.46. The first kappa shape index (κ1) is 17.2. The molecule has 1 aromatic heterocycles. The van der Waals surface area contributed by atoms with E-state index in [0.717, 1.165) is 27.5 Å². The van der Waals surface area contributed by atoms with E-state index in [2.05, 4.69) is 9.88 Å². The van der Waals surface area contributed by atoms with Crippen molar-refractivity contribution in [2.45, 2.75) is 20.8 Å². The van der Waals surface area contributed by atoms with Gasteiger partial charge in [-0.25, -0.2) is 4.98 Å². The monoisotopic (exact) mass is 339 g/mol. The molecule has 22 heavy (non-hydrogen) atoms. The Kier molecular flexibility index (Phi) is 5.42. The zero-order chi connectivity index (χ0) is 16.4. The van der Waals surface area contributed by atoms with Gasteiger partial charge in [0.1, 0.15) is 0 Å². The second-order valence-electron chi connectivity index (χ2n) is 6.01. The maximum absolute atomic E-state index is 12.5. The van der Waals surface area contributed by atoms with Crippen LogP contribution in [0.15, 0.2) is 12.1 Å². The van der Waals surface area contributed by atoms with Crippen LogP contribution in [0.1, 0.15) is 19.4 Å². The van der Waals surface area contributed by atoms with Gasteiger partial charge in [-0.05, 0) is 38.7 Å². The molecule has 4 nitrogen and oxygen atoms in total. The number of anilines is 1. The highest BCUT2D eigenvalue weighted by Gasteiger charge is 2.22. The van der Waals surface area contributed by atoms with E-state index in [-0.39, 0.29) is 11.8 Å². The van der Waals surface area contributed by atoms with Gasteiger partial charge in [-0.3, -0.25) is 9.69 Å². The minimum atomic E-state index is -0.0566. The van der Waals surface area contributed by atoms with Crippen LogP contribution in [0.5, 0.6) is 0 Å². The molecule has 1 amide bonds. The van der Waals surface area contributed by atoms with Crippen LogP contribution in [0.2, 0.25) is 5.02 Å². The summed E-state index contributed by atoms with van der Waals surface area (Å²) in [7, 11) is 4.00. The lowest BCUT2D eigenvalue weighted by Gasteiger charge is -2.23. The molecule has 0 saturated carbocycles. The number of halogens is 1. The van der Waals surface area contributed by atoms with Crippen LogP contribution in [-0.2, 0) is 4.79 Å². The lowest BCUT2D eigenvalue weighted by Crippen LogP contribution is -2.39. The summed E-state index contributed by atoms with van der Waals surface area (Å²) >= 11 is 7.64. The number of thiazole rings is 1. The Balaban J connectivity index is 2.42. The SMILES string of the molecule is Cc1cc(Cl)cc2sc(N(CCN(C)C)C(=O)C(C)C)nc12. The van der Waals surface area contributed by atoms with Gasteiger partial charge in [-0.1, -0.05) is 36.8 Å². The zero-order valence-corrected chi connectivity index (χ0v) is 15.3. The topological polar surface area (TPSA) is 36.4 Å². The quantitative estimate of drug-likeness (QED) is 0.831. The predicted octanol–water partition coefficient (Wildman–Crippen LogP) is 3.81. The number of benzene rings is 1. The Bertz CT molecular complexity index is 681. The summed E-state index contributed by atoms with van der Waals surface area (Å²) in [6, 6.07) is 3.82. The first-order chi connectivity index (χ1) is 10.3. The van der Waals surface area contributed by atoms with Crippen molar-refractivity contribution in [3.8, 4) is 0 Å². The summed E-state index contributed by atoms with van der Waals surface area (Å²) in [6.07, 6.45) is 0. The lowest BCUT2D eigenvalue weighted by molar-refractivity contribution is -0.121. The zero-order valence-electron chi connectivity index (χ0n) is 13.7. The molecule has 1 heterocycles. The summed E-state index contributed by atoms with van der Waals surface area (Å²) in [5, 5.41) is 1.45. The number of amides is 1. The number of likely N-dealkylation sites (N-methyl/N-ethyl adjacent to an activating group) is 1. The molecule has 2 aromatic rings. The minimum absolute atomic E-state index is 0.0566. The van der Waals surface area contributed by atoms with Crippen LogP contribution in [0.25, 0.3) is 10.2 Å². The van der Waals surface area contributed by atoms with E-state index < -0.39 is 0 Å². The van der Waals surface area contributed by atoms with E-state index in [9.17, 15) is 4.79 Å². The molecule has 0 spiro atoms. The molecule has 0 aliphatic rings. The number of nitrogens with zero attached hydrogens (tertiary/aromatic N) is 3. The Morgan fingerprint density at radius 2 is 2.00 bits per heavy atom. The van der Waals surface area contributed by atoms with Crippen molar-refractivity contribution in [1.29, 1.82) is 0 Å². The van der Waals surface area contributed by atoms with Gasteiger partial charge < -0.3 is 4.90 Å². The molecule has 2 rings (SSSR count). The number of aromatic nitrogens is 1. The number of fused-ring (bicyclic) bond motifs is 1. The number of hydrogen-bond acceptors (Lipinski definition) is 4. The van der Waals surface area contributed by atoms with Crippen LogP contribution >= 0.6 is 22.9 Å². The van der Waals surface area contributed by atoms with Gasteiger partial charge in [0.25, 0.3) is 0 Å². The number of aryl methyl sites for hydroxylation is 1. The van der Waals surface area contributed by atoms with E-state index in [4.69, 9.17) is 11.6 Å². The van der Waals surface area contributed by atoms with Crippen molar-refractivity contribution < 1.29 is 4.79 Å². The molecule has 0 saturated heterocycles. The van der Waals surface area contributed by atoms with Gasteiger partial charge >= 0.3 is 0 Å². The Morgan fingerprint density at radius 1 is 1.32 bits per heavy atom. The molecule has 120 valence electrons. The van der Waals surface area contributed by atoms with E-state index in [1.54, 1.807) is 4.90 Å². The summed E-state index contributed by atoms with van der Waals surface area (Å²) in [5.41, 5.74) is 1.96. The molecule has 0 atom stereocenters. The normalized spacial score (nSPS) is 11.6. The van der Waals surface area contributed by atoms with E-state index in [0.29, 0.717) is 11.6 Å². The number of hydrogen-bond donors (Lipinski definition) is 0. The largest absolute Gasteiger partial charge is 0.308 e. The minimum Gasteiger partial charge on any atom is -0.308 e. The molecule has 0 radical (unpaired) electrons. The van der Waals surface area contributed by atoms with Gasteiger partial charge in [0.15, 0.2) is 5.13 Å². The third kappa shape index (κ3) is 3.77. The fourth-order valence-corrected chi connectivity index (χ4v) is 3.62. The Labute approximate surface area is 140 Å². The molecule has 0 fully saturated rings. The van der Waals surface area contributed by atoms with Crippen molar-refractivity contribution in [3.63, 3.8) is 0 Å². The fraction of sp³-hybridized carbons (Fsp3) is 0.500. The molecule has 0 aliphatic carbocycles. The van der Waals surface area contributed by atoms with E-state index in [1.165, 1.54) is 11.3 Å². The van der Waals surface area contributed by atoms with Crippen molar-refractivity contribution in [3.05, 3.63) is 22.7 Å². The number of carbonyl (C=O) groups is 1. The highest BCUT2D eigenvalue weighted by molar-refractivity contribution is 7.22. The third-order valence-corrected chi connectivity index (χ3v) is 4.64. The molecule has 0 aliphatic heterocycles. The highest BCUT2D eigenvalue weighted by Crippen LogP contribution is 2.33. The summed E-state index contributed by atoms with van der Waals surface area (Å²) in [6.45, 7) is 7.26. The van der Waals surface area contributed by atoms with Gasteiger partial charge in [0.2, 0.25) is 5.91 Å². The van der Waals surface area contributed by atoms with Crippen LogP contribution in [0.3, 0.4) is 0 Å². The van der Waals surface area contributed by atoms with Gasteiger partial charge in [0, 0.05) is 24.0 Å². The standard InChI is InChI=1S/C16H22ClN3OS/c1-10(2)15(21)20(7-6-19(4)5)16-18-14-11(3)8-12(17)9-13(14)22-16/h8-10H,6-7H2,1-5H3. The molecule has 1 aromatic carbocycles. The lowest BCUT2D eigenvalue weighted by atomic mass is 10.2. The van der Waals surface area contributed by atoms with Gasteiger partial charge in [-0.2, -0.15) is 0 Å². The molecular weight excluding hydrogens is 318 g/mol. The van der Waals surface area contributed by atoms with Gasteiger partial charge in [-0.15, -0.1) is 0 Å². The average Bonchev–Trinajstić information content (AvgIpc) is 2.82. The first-order valence-electron chi connectivity index (χ1n) is 7.32. The Hall–Kier alpha value is -1.17. The van der Waals surface area contributed by atoms with E-state index in [1.807, 2.05) is 47.0 Å². The fourth-order valence-electron chi connectivity index (χ4n) is 2.17. The summed E-state index contributed by atoms with van der Waals surface area (Å²) < 4.78 is 1.02.